The van der Waals surface area contributed by atoms with E-state index in [1.165, 1.54) is 12.8 Å². The third-order valence-corrected chi connectivity index (χ3v) is 5.33. The number of hydrogen-bond donors (Lipinski definition) is 2. The van der Waals surface area contributed by atoms with Crippen LogP contribution in [-0.4, -0.2) is 48.7 Å². The van der Waals surface area contributed by atoms with Crippen LogP contribution in [0, 0.1) is 0 Å². The first-order valence-electron chi connectivity index (χ1n) is 8.18. The molecule has 0 spiro atoms. The summed E-state index contributed by atoms with van der Waals surface area (Å²) >= 11 is 1.58. The van der Waals surface area contributed by atoms with E-state index < -0.39 is 6.03 Å². The summed E-state index contributed by atoms with van der Waals surface area (Å²) in [7, 11) is 0. The predicted octanol–water partition coefficient (Wildman–Crippen LogP) is 1.72. The van der Waals surface area contributed by atoms with Crippen LogP contribution in [0.5, 0.6) is 0 Å². The summed E-state index contributed by atoms with van der Waals surface area (Å²) in [6.45, 7) is 2.13. The Hall–Kier alpha value is -1.44. The van der Waals surface area contributed by atoms with Crippen LogP contribution in [0.4, 0.5) is 4.79 Å². The molecule has 7 heteroatoms. The minimum absolute atomic E-state index is 0.248. The van der Waals surface area contributed by atoms with E-state index in [1.54, 1.807) is 11.3 Å². The Morgan fingerprint density at radius 2 is 2.22 bits per heavy atom. The zero-order valence-electron chi connectivity index (χ0n) is 13.1. The number of nitrogens with one attached hydrogen (secondary N) is 2. The molecule has 23 heavy (non-hydrogen) atoms. The number of amides is 3. The highest BCUT2D eigenvalue weighted by Crippen LogP contribution is 2.28. The van der Waals surface area contributed by atoms with Gasteiger partial charge in [-0.3, -0.25) is 15.0 Å². The average molecular weight is 337 g/mol. The van der Waals surface area contributed by atoms with E-state index in [0.29, 0.717) is 19.2 Å². The molecule has 2 heterocycles. The van der Waals surface area contributed by atoms with Crippen LogP contribution in [0.25, 0.3) is 0 Å². The SMILES string of the molecule is O=C(CN1CCO[C@H]2CCCC[C@H]21)NC(=O)NCc1cccs1. The van der Waals surface area contributed by atoms with Crippen molar-refractivity contribution >= 4 is 23.3 Å². The summed E-state index contributed by atoms with van der Waals surface area (Å²) in [4.78, 5) is 27.1. The molecule has 0 aromatic carbocycles. The quantitative estimate of drug-likeness (QED) is 0.878. The van der Waals surface area contributed by atoms with Crippen LogP contribution in [0.2, 0.25) is 0 Å². The van der Waals surface area contributed by atoms with E-state index >= 15 is 0 Å². The highest BCUT2D eigenvalue weighted by molar-refractivity contribution is 7.09. The zero-order valence-corrected chi connectivity index (χ0v) is 13.9. The zero-order chi connectivity index (χ0) is 16.1. The molecule has 1 saturated heterocycles. The molecule has 1 saturated carbocycles. The van der Waals surface area contributed by atoms with E-state index in [1.807, 2.05) is 17.5 Å². The second-order valence-electron chi connectivity index (χ2n) is 6.04. The molecule has 0 radical (unpaired) electrons. The maximum atomic E-state index is 12.1. The Morgan fingerprint density at radius 3 is 3.04 bits per heavy atom. The standard InChI is InChI=1S/C16H23N3O3S/c20-15(18-16(21)17-10-12-4-3-9-23-12)11-19-7-8-22-14-6-2-1-5-13(14)19/h3-4,9,13-14H,1-2,5-8,10-11H2,(H2,17,18,20,21)/t13-,14+/m1/s1. The minimum Gasteiger partial charge on any atom is -0.375 e. The Morgan fingerprint density at radius 1 is 1.35 bits per heavy atom. The summed E-state index contributed by atoms with van der Waals surface area (Å²) in [6, 6.07) is 3.77. The van der Waals surface area contributed by atoms with E-state index in [-0.39, 0.29) is 18.6 Å². The lowest BCUT2D eigenvalue weighted by molar-refractivity contribution is -0.128. The first-order valence-corrected chi connectivity index (χ1v) is 9.06. The lowest BCUT2D eigenvalue weighted by atomic mass is 9.90. The van der Waals surface area contributed by atoms with Crippen LogP contribution >= 0.6 is 11.3 Å². The molecule has 2 N–H and O–H groups in total. The Kier molecular flexibility index (Phi) is 5.64. The van der Waals surface area contributed by atoms with Crippen LogP contribution in [-0.2, 0) is 16.1 Å². The van der Waals surface area contributed by atoms with Gasteiger partial charge in [0.05, 0.1) is 25.8 Å². The third-order valence-electron chi connectivity index (χ3n) is 4.45. The number of rotatable bonds is 4. The van der Waals surface area contributed by atoms with Gasteiger partial charge in [-0.05, 0) is 24.3 Å². The van der Waals surface area contributed by atoms with Gasteiger partial charge in [-0.1, -0.05) is 18.9 Å². The fourth-order valence-electron chi connectivity index (χ4n) is 3.35. The van der Waals surface area contributed by atoms with Crippen molar-refractivity contribution in [2.75, 3.05) is 19.7 Å². The van der Waals surface area contributed by atoms with E-state index in [9.17, 15) is 9.59 Å². The number of nitrogens with zero attached hydrogens (tertiary/aromatic N) is 1. The van der Waals surface area contributed by atoms with Gasteiger partial charge in [-0.2, -0.15) is 0 Å². The largest absolute Gasteiger partial charge is 0.375 e. The molecule has 0 unspecified atom stereocenters. The lowest BCUT2D eigenvalue weighted by Gasteiger charge is -2.43. The maximum Gasteiger partial charge on any atom is 0.321 e. The average Bonchev–Trinajstić information content (AvgIpc) is 3.07. The van der Waals surface area contributed by atoms with Crippen molar-refractivity contribution in [1.82, 2.24) is 15.5 Å². The monoisotopic (exact) mass is 337 g/mol. The van der Waals surface area contributed by atoms with E-state index in [4.69, 9.17) is 4.74 Å². The van der Waals surface area contributed by atoms with Gasteiger partial charge in [0, 0.05) is 17.5 Å². The van der Waals surface area contributed by atoms with Crippen molar-refractivity contribution in [2.45, 2.75) is 44.4 Å². The fourth-order valence-corrected chi connectivity index (χ4v) is 3.99. The number of carbonyl (C=O) groups excluding carboxylic acids is 2. The molecule has 3 amide bonds. The second kappa shape index (κ2) is 7.90. The number of hydrogen-bond acceptors (Lipinski definition) is 5. The van der Waals surface area contributed by atoms with E-state index in [2.05, 4.69) is 15.5 Å². The molecule has 126 valence electrons. The predicted molar refractivity (Wildman–Crippen MR) is 88.3 cm³/mol. The number of ether oxygens (including phenoxy) is 1. The lowest BCUT2D eigenvalue weighted by Crippen LogP contribution is -2.55. The molecule has 1 aromatic rings. The summed E-state index contributed by atoms with van der Waals surface area (Å²) in [6.07, 6.45) is 4.78. The topological polar surface area (TPSA) is 70.7 Å². The molecule has 2 aliphatic rings. The molecule has 3 rings (SSSR count). The summed E-state index contributed by atoms with van der Waals surface area (Å²) in [5.41, 5.74) is 0. The van der Waals surface area contributed by atoms with Gasteiger partial charge >= 0.3 is 6.03 Å². The Bertz CT molecular complexity index is 533. The van der Waals surface area contributed by atoms with Crippen LogP contribution < -0.4 is 10.6 Å². The first-order chi connectivity index (χ1) is 11.2. The minimum atomic E-state index is -0.433. The van der Waals surface area contributed by atoms with Crippen LogP contribution in [0.1, 0.15) is 30.6 Å². The highest BCUT2D eigenvalue weighted by atomic mass is 32.1. The van der Waals surface area contributed by atoms with Crippen molar-refractivity contribution in [3.05, 3.63) is 22.4 Å². The van der Waals surface area contributed by atoms with Crippen LogP contribution in [0.15, 0.2) is 17.5 Å². The number of morpholine rings is 1. The van der Waals surface area contributed by atoms with Gasteiger partial charge in [0.25, 0.3) is 0 Å². The molecular formula is C16H23N3O3S. The Labute approximate surface area is 140 Å². The molecule has 6 nitrogen and oxygen atoms in total. The third kappa shape index (κ3) is 4.53. The van der Waals surface area contributed by atoms with Gasteiger partial charge in [-0.25, -0.2) is 4.79 Å². The summed E-state index contributed by atoms with van der Waals surface area (Å²) in [5, 5.41) is 7.08. The van der Waals surface area contributed by atoms with Crippen molar-refractivity contribution in [2.24, 2.45) is 0 Å². The van der Waals surface area contributed by atoms with Gasteiger partial charge in [0.15, 0.2) is 0 Å². The highest BCUT2D eigenvalue weighted by Gasteiger charge is 2.34. The van der Waals surface area contributed by atoms with Gasteiger partial charge in [0.2, 0.25) is 5.91 Å². The second-order valence-corrected chi connectivity index (χ2v) is 7.07. The number of urea groups is 1. The van der Waals surface area contributed by atoms with Crippen molar-refractivity contribution < 1.29 is 14.3 Å². The molecule has 1 aliphatic carbocycles. The van der Waals surface area contributed by atoms with Gasteiger partial charge in [-0.15, -0.1) is 11.3 Å². The molecule has 0 bridgehead atoms. The van der Waals surface area contributed by atoms with Gasteiger partial charge in [0.1, 0.15) is 0 Å². The van der Waals surface area contributed by atoms with Gasteiger partial charge < -0.3 is 10.1 Å². The van der Waals surface area contributed by atoms with Crippen molar-refractivity contribution in [3.63, 3.8) is 0 Å². The normalized spacial score (nSPS) is 24.7. The number of carbonyl (C=O) groups is 2. The first kappa shape index (κ1) is 16.4. The molecule has 2 fully saturated rings. The molecule has 2 atom stereocenters. The number of fused-ring (bicyclic) bond motifs is 1. The molecular weight excluding hydrogens is 314 g/mol. The van der Waals surface area contributed by atoms with E-state index in [0.717, 1.165) is 24.3 Å². The maximum absolute atomic E-state index is 12.1. The summed E-state index contributed by atoms with van der Waals surface area (Å²) < 4.78 is 5.80. The van der Waals surface area contributed by atoms with Crippen LogP contribution in [0.3, 0.4) is 0 Å². The van der Waals surface area contributed by atoms with Crippen molar-refractivity contribution in [1.29, 1.82) is 0 Å². The van der Waals surface area contributed by atoms with Crippen molar-refractivity contribution in [3.8, 4) is 0 Å². The number of thiophene rings is 1. The fraction of sp³-hybridized carbons (Fsp3) is 0.625. The molecule has 1 aliphatic heterocycles. The number of imide groups is 1. The smallest absolute Gasteiger partial charge is 0.321 e. The molecule has 1 aromatic heterocycles. The summed E-state index contributed by atoms with van der Waals surface area (Å²) in [5.74, 6) is -0.250. The Balaban J connectivity index is 1.43.